The number of rotatable bonds is 7. The fraction of sp³-hybridized carbons (Fsp3) is 0.400. The van der Waals surface area contributed by atoms with E-state index in [1.54, 1.807) is 0 Å². The molecule has 20 heavy (non-hydrogen) atoms. The van der Waals surface area contributed by atoms with Gasteiger partial charge in [0.05, 0.1) is 0 Å². The number of hydrogen-bond donors (Lipinski definition) is 2. The van der Waals surface area contributed by atoms with Crippen LogP contribution >= 0.6 is 0 Å². The first-order chi connectivity index (χ1) is 9.12. The van der Waals surface area contributed by atoms with Crippen LogP contribution in [0.2, 0.25) is 0 Å². The number of hydrogen-bond acceptors (Lipinski definition) is 6. The third-order valence-electron chi connectivity index (χ3n) is 1.91. The second-order valence-electron chi connectivity index (χ2n) is 3.62. The fourth-order valence-corrected chi connectivity index (χ4v) is 2.81. The zero-order valence-corrected chi connectivity index (χ0v) is 12.6. The molecule has 0 saturated carbocycles. The lowest BCUT2D eigenvalue weighted by Gasteiger charge is -1.97. The average molecular weight is 324 g/mol. The molecule has 0 rings (SSSR count). The SMILES string of the molecule is CNC(=O)CS(=O)(=O)/C=C\C=C\S(=O)(=O)CC(=O)NC. The zero-order chi connectivity index (χ0) is 15.8. The van der Waals surface area contributed by atoms with E-state index in [9.17, 15) is 26.4 Å². The molecule has 0 unspecified atom stereocenters. The van der Waals surface area contributed by atoms with E-state index in [0.29, 0.717) is 10.8 Å². The summed E-state index contributed by atoms with van der Waals surface area (Å²) in [6, 6.07) is 0. The van der Waals surface area contributed by atoms with Gasteiger partial charge in [0.15, 0.2) is 19.7 Å². The summed E-state index contributed by atoms with van der Waals surface area (Å²) >= 11 is 0. The molecule has 0 saturated heterocycles. The molecule has 0 heterocycles. The maximum atomic E-state index is 11.4. The molecule has 0 aromatic rings. The molecular formula is C10H16N2O6S2. The monoisotopic (exact) mass is 324 g/mol. The molecule has 0 atom stereocenters. The Balaban J connectivity index is 4.69. The van der Waals surface area contributed by atoms with Gasteiger partial charge in [0.2, 0.25) is 11.8 Å². The van der Waals surface area contributed by atoms with Crippen molar-refractivity contribution < 1.29 is 26.4 Å². The summed E-state index contributed by atoms with van der Waals surface area (Å²) in [5.41, 5.74) is 0. The van der Waals surface area contributed by atoms with Crippen molar-refractivity contribution in [3.63, 3.8) is 0 Å². The molecule has 114 valence electrons. The molecule has 10 heteroatoms. The van der Waals surface area contributed by atoms with Gasteiger partial charge in [-0.15, -0.1) is 0 Å². The molecule has 0 radical (unpaired) electrons. The number of amides is 2. The first-order valence-corrected chi connectivity index (χ1v) is 8.76. The van der Waals surface area contributed by atoms with Gasteiger partial charge in [-0.2, -0.15) is 0 Å². The second-order valence-corrected chi connectivity index (χ2v) is 7.39. The summed E-state index contributed by atoms with van der Waals surface area (Å²) in [4.78, 5) is 21.8. The number of sulfone groups is 2. The molecule has 0 spiro atoms. The van der Waals surface area contributed by atoms with E-state index in [0.717, 1.165) is 12.2 Å². The van der Waals surface area contributed by atoms with Gasteiger partial charge in [-0.1, -0.05) is 12.2 Å². The van der Waals surface area contributed by atoms with E-state index in [4.69, 9.17) is 0 Å². The van der Waals surface area contributed by atoms with E-state index >= 15 is 0 Å². The van der Waals surface area contributed by atoms with Crippen LogP contribution < -0.4 is 10.6 Å². The Morgan fingerprint density at radius 2 is 1.10 bits per heavy atom. The van der Waals surface area contributed by atoms with Gasteiger partial charge >= 0.3 is 0 Å². The van der Waals surface area contributed by atoms with E-state index in [-0.39, 0.29) is 0 Å². The van der Waals surface area contributed by atoms with Gasteiger partial charge in [-0.3, -0.25) is 9.59 Å². The van der Waals surface area contributed by atoms with Crippen LogP contribution in [-0.4, -0.2) is 54.3 Å². The van der Waals surface area contributed by atoms with Gasteiger partial charge in [0, 0.05) is 24.9 Å². The third-order valence-corrected chi connectivity index (χ3v) is 4.38. The normalized spacial score (nSPS) is 12.7. The molecule has 0 aromatic carbocycles. The van der Waals surface area contributed by atoms with Gasteiger partial charge in [0.25, 0.3) is 0 Å². The molecule has 8 nitrogen and oxygen atoms in total. The van der Waals surface area contributed by atoms with E-state index in [1.165, 1.54) is 14.1 Å². The lowest BCUT2D eigenvalue weighted by molar-refractivity contribution is -0.119. The molecular weight excluding hydrogens is 308 g/mol. The van der Waals surface area contributed by atoms with Crippen molar-refractivity contribution in [1.82, 2.24) is 10.6 Å². The van der Waals surface area contributed by atoms with Gasteiger partial charge in [0.1, 0.15) is 11.5 Å². The Hall–Kier alpha value is -1.68. The first-order valence-electron chi connectivity index (χ1n) is 5.33. The zero-order valence-electron chi connectivity index (χ0n) is 11.0. The summed E-state index contributed by atoms with van der Waals surface area (Å²) in [7, 11) is -4.92. The van der Waals surface area contributed by atoms with Crippen molar-refractivity contribution in [1.29, 1.82) is 0 Å². The van der Waals surface area contributed by atoms with Crippen molar-refractivity contribution in [2.24, 2.45) is 0 Å². The van der Waals surface area contributed by atoms with Crippen LogP contribution in [0.1, 0.15) is 0 Å². The topological polar surface area (TPSA) is 126 Å². The smallest absolute Gasteiger partial charge is 0.235 e. The number of carbonyl (C=O) groups is 2. The molecule has 0 aliphatic rings. The standard InChI is InChI=1S/C10H16N2O6S2/c1-11-9(13)7-19(15,16)5-3-4-6-20(17,18)8-10(14)12-2/h3-6H,7-8H2,1-2H3,(H,11,13)(H,12,14)/b5-3-,6-4+. The fourth-order valence-electron chi connectivity index (χ4n) is 0.936. The van der Waals surface area contributed by atoms with Crippen LogP contribution in [0.4, 0.5) is 0 Å². The summed E-state index contributed by atoms with van der Waals surface area (Å²) in [5.74, 6) is -2.80. The van der Waals surface area contributed by atoms with Crippen LogP contribution in [0.3, 0.4) is 0 Å². The number of carbonyl (C=O) groups excluding carboxylic acids is 2. The summed E-state index contributed by atoms with van der Waals surface area (Å²) in [5, 5.41) is 5.74. The first kappa shape index (κ1) is 18.3. The number of nitrogens with one attached hydrogen (secondary N) is 2. The van der Waals surface area contributed by atoms with E-state index in [2.05, 4.69) is 10.6 Å². The highest BCUT2D eigenvalue weighted by molar-refractivity contribution is 7.95. The van der Waals surface area contributed by atoms with Gasteiger partial charge in [-0.25, -0.2) is 16.8 Å². The van der Waals surface area contributed by atoms with Crippen LogP contribution in [0.25, 0.3) is 0 Å². The van der Waals surface area contributed by atoms with Crippen molar-refractivity contribution in [3.8, 4) is 0 Å². The Bertz CT molecular complexity index is 560. The van der Waals surface area contributed by atoms with E-state index < -0.39 is 43.0 Å². The highest BCUT2D eigenvalue weighted by Crippen LogP contribution is 1.96. The minimum absolute atomic E-state index is 0.675. The highest BCUT2D eigenvalue weighted by Gasteiger charge is 2.12. The van der Waals surface area contributed by atoms with Crippen molar-refractivity contribution >= 4 is 31.5 Å². The van der Waals surface area contributed by atoms with Crippen LogP contribution in [0.15, 0.2) is 23.0 Å². The molecule has 0 aliphatic carbocycles. The molecule has 0 aromatic heterocycles. The largest absolute Gasteiger partial charge is 0.358 e. The maximum absolute atomic E-state index is 11.4. The molecule has 0 fully saturated rings. The molecule has 0 bridgehead atoms. The Kier molecular flexibility index (Phi) is 7.14. The second kappa shape index (κ2) is 7.80. The predicted molar refractivity (Wildman–Crippen MR) is 74.0 cm³/mol. The van der Waals surface area contributed by atoms with Crippen LogP contribution in [-0.2, 0) is 29.3 Å². The Morgan fingerprint density at radius 1 is 0.800 bits per heavy atom. The van der Waals surface area contributed by atoms with Gasteiger partial charge < -0.3 is 10.6 Å². The van der Waals surface area contributed by atoms with Crippen molar-refractivity contribution in [2.75, 3.05) is 25.6 Å². The Labute approximate surface area is 117 Å². The molecule has 0 aliphatic heterocycles. The highest BCUT2D eigenvalue weighted by atomic mass is 32.2. The third kappa shape index (κ3) is 8.43. The quantitative estimate of drug-likeness (QED) is 0.539. The number of allylic oxidation sites excluding steroid dienone is 2. The van der Waals surface area contributed by atoms with E-state index in [1.807, 2.05) is 0 Å². The molecule has 2 N–H and O–H groups in total. The molecule has 2 amide bonds. The lowest BCUT2D eigenvalue weighted by atomic mass is 10.6. The lowest BCUT2D eigenvalue weighted by Crippen LogP contribution is -2.26. The van der Waals surface area contributed by atoms with Gasteiger partial charge in [-0.05, 0) is 0 Å². The Morgan fingerprint density at radius 3 is 1.35 bits per heavy atom. The summed E-state index contributed by atoms with van der Waals surface area (Å²) < 4.78 is 45.4. The minimum Gasteiger partial charge on any atom is -0.358 e. The summed E-state index contributed by atoms with van der Waals surface area (Å²) in [6.45, 7) is 0. The van der Waals surface area contributed by atoms with Crippen LogP contribution in [0, 0.1) is 0 Å². The van der Waals surface area contributed by atoms with Crippen molar-refractivity contribution in [2.45, 2.75) is 0 Å². The predicted octanol–water partition coefficient (Wildman–Crippen LogP) is -1.66. The van der Waals surface area contributed by atoms with Crippen LogP contribution in [0.5, 0.6) is 0 Å². The maximum Gasteiger partial charge on any atom is 0.235 e. The minimum atomic E-state index is -3.76. The van der Waals surface area contributed by atoms with Crippen molar-refractivity contribution in [3.05, 3.63) is 23.0 Å². The average Bonchev–Trinajstić information content (AvgIpc) is 2.33. The summed E-state index contributed by atoms with van der Waals surface area (Å²) in [6.07, 6.45) is 1.94.